The quantitative estimate of drug-likeness (QED) is 0.0225. The van der Waals surface area contributed by atoms with Crippen molar-refractivity contribution in [3.05, 3.63) is 29.8 Å². The molecule has 8 N–H and O–H groups in total. The summed E-state index contributed by atoms with van der Waals surface area (Å²) >= 11 is 11.7. The van der Waals surface area contributed by atoms with Gasteiger partial charge < -0.3 is 40.0 Å². The maximum Gasteiger partial charge on any atom is 1.00 e. The Kier molecular flexibility index (Phi) is 23.6. The molecule has 0 radical (unpaired) electrons. The summed E-state index contributed by atoms with van der Waals surface area (Å²) in [6, 6.07) is 6.06. The fraction of sp³-hybridized carbons (Fsp3) is 0.579. The van der Waals surface area contributed by atoms with Crippen LogP contribution in [0.5, 0.6) is 0 Å². The van der Waals surface area contributed by atoms with Crippen molar-refractivity contribution in [2.45, 2.75) is 36.8 Å². The van der Waals surface area contributed by atoms with Crippen LogP contribution in [0.2, 0.25) is 0 Å². The first kappa shape index (κ1) is 44.6. The Labute approximate surface area is 303 Å². The normalized spacial score (nSPS) is 12.8. The van der Waals surface area contributed by atoms with Crippen molar-refractivity contribution in [1.29, 1.82) is 0 Å². The molecule has 38 heavy (non-hydrogen) atoms. The van der Waals surface area contributed by atoms with Crippen molar-refractivity contribution >= 4 is 56.4 Å². The number of carbonyl (C=O) groups excluding carboxylic acids is 2. The van der Waals surface area contributed by atoms with Crippen LogP contribution in [-0.4, -0.2) is 79.5 Å². The molecule has 0 aliphatic heterocycles. The molecule has 0 bridgehead atoms. The van der Waals surface area contributed by atoms with Gasteiger partial charge in [-0.3, -0.25) is 13.9 Å². The minimum atomic E-state index is -5.50. The molecule has 206 valence electrons. The zero-order valence-corrected chi connectivity index (χ0v) is 31.2. The average Bonchev–Trinajstić information content (AvgIpc) is 2.77. The van der Waals surface area contributed by atoms with Gasteiger partial charge in [0, 0.05) is 6.54 Å². The first-order valence-electron chi connectivity index (χ1n) is 10.6. The van der Waals surface area contributed by atoms with Gasteiger partial charge in [-0.2, -0.15) is 0 Å². The number of halogens is 2. The number of hydrogen-bond donors (Lipinski definition) is 7. The molecule has 1 rings (SSSR count). The van der Waals surface area contributed by atoms with E-state index in [9.17, 15) is 23.8 Å². The smallest absolute Gasteiger partial charge is 1.00 e. The van der Waals surface area contributed by atoms with Crippen LogP contribution in [0.15, 0.2) is 24.3 Å². The van der Waals surface area contributed by atoms with Crippen molar-refractivity contribution in [3.8, 4) is 0 Å². The molecule has 12 nitrogen and oxygen atoms in total. The maximum absolute atomic E-state index is 12.3. The second-order valence-corrected chi connectivity index (χ2v) is 12.8. The van der Waals surface area contributed by atoms with Gasteiger partial charge in [-0.25, -0.2) is 9.28 Å². The molecule has 2 amide bonds. The number of benzene rings is 1. The minimum absolute atomic E-state index is 0. The van der Waals surface area contributed by atoms with Crippen molar-refractivity contribution < 1.29 is 136 Å². The average molecular weight is 651 g/mol. The predicted molar refractivity (Wildman–Crippen MR) is 136 cm³/mol. The van der Waals surface area contributed by atoms with Gasteiger partial charge >= 0.3 is 110 Å². The summed E-state index contributed by atoms with van der Waals surface area (Å²) in [5, 5.41) is 8.88. The molecular formula is C19H35Cl2N3Na3O9P2+. The van der Waals surface area contributed by atoms with Crippen LogP contribution in [0, 0.1) is 0 Å². The number of nitrogens with two attached hydrogens (primary N) is 1. The molecular weight excluding hydrogens is 616 g/mol. The number of carbonyl (C=O) groups is 2. The Morgan fingerprint density at radius 3 is 1.89 bits per heavy atom. The van der Waals surface area contributed by atoms with Crippen molar-refractivity contribution in [1.82, 2.24) is 9.80 Å². The number of alkyl halides is 2. The van der Waals surface area contributed by atoms with E-state index < -0.39 is 38.6 Å². The first-order chi connectivity index (χ1) is 16.2. The fourth-order valence-electron chi connectivity index (χ4n) is 3.40. The van der Waals surface area contributed by atoms with Gasteiger partial charge in [0.2, 0.25) is 5.91 Å². The van der Waals surface area contributed by atoms with E-state index in [-0.39, 0.29) is 135 Å². The van der Waals surface area contributed by atoms with Crippen LogP contribution in [0.3, 0.4) is 0 Å². The number of hydrogen-bond acceptors (Lipinski definition) is 6. The standard InChI is InChI=1S/C19H31Cl2N3O9P2.3Na.3H/c20-8-11-24(14-25,12-9-21)16-5-3-15(4-6-16)13-17(22)18(26)23-10-2-1-7-19(27,34(28,29)30)35(31,32)33;;;;;;/h3-6,14,17,27H,1-2,7-13,22H2,(H4-,23,26,28,29,30,31,32,33);;;;;;/q;3*+1;3*-1/p+1/t17-;;;;;;/m0....../s1. The van der Waals surface area contributed by atoms with Crippen LogP contribution in [0.25, 0.3) is 0 Å². The van der Waals surface area contributed by atoms with Crippen molar-refractivity contribution in [3.63, 3.8) is 0 Å². The third-order valence-electron chi connectivity index (χ3n) is 5.58. The molecule has 1 aromatic carbocycles. The molecule has 0 spiro atoms. The molecule has 19 heteroatoms. The van der Waals surface area contributed by atoms with Crippen LogP contribution in [0.1, 0.15) is 29.1 Å². The van der Waals surface area contributed by atoms with Crippen LogP contribution in [0.4, 0.5) is 5.69 Å². The molecule has 0 saturated heterocycles. The number of quaternary nitrogens is 1. The third-order valence-corrected chi connectivity index (χ3v) is 9.80. The number of unbranched alkanes of at least 4 members (excludes halogenated alkanes) is 1. The minimum Gasteiger partial charge on any atom is -1.00 e. The van der Waals surface area contributed by atoms with Gasteiger partial charge in [-0.1, -0.05) is 12.1 Å². The van der Waals surface area contributed by atoms with E-state index in [0.717, 1.165) is 12.0 Å². The molecule has 0 aliphatic carbocycles. The van der Waals surface area contributed by atoms with E-state index in [1.165, 1.54) is 0 Å². The maximum atomic E-state index is 12.3. The monoisotopic (exact) mass is 650 g/mol. The van der Waals surface area contributed by atoms with Gasteiger partial charge in [-0.05, 0) is 43.4 Å². The topological polar surface area (TPSA) is 207 Å². The summed E-state index contributed by atoms with van der Waals surface area (Å²) in [5.41, 5.74) is 7.38. The van der Waals surface area contributed by atoms with E-state index in [0.29, 0.717) is 18.8 Å². The summed E-state index contributed by atoms with van der Waals surface area (Å²) in [5.74, 6) is 0.0253. The SMILES string of the molecule is N[C@@H](Cc1ccc([N+](C=O)(CCCl)CCCl)cc1)C(=O)NCCCCC(O)(P(=O)(O)O)P(=O)(O)O.[H-].[H-].[H-].[Na+].[Na+].[Na+]. The largest absolute Gasteiger partial charge is 1.00 e. The Hall–Kier alpha value is 2.12. The van der Waals surface area contributed by atoms with Gasteiger partial charge in [0.25, 0.3) is 5.08 Å². The number of aliphatic hydroxyl groups is 1. The molecule has 0 aliphatic rings. The Bertz CT molecular complexity index is 943. The molecule has 0 fully saturated rings. The fourth-order valence-corrected chi connectivity index (χ4v) is 6.26. The molecule has 0 aromatic heterocycles. The first-order valence-corrected chi connectivity index (χ1v) is 14.9. The molecule has 1 aromatic rings. The van der Waals surface area contributed by atoms with Crippen molar-refractivity contribution in [2.75, 3.05) is 31.4 Å². The zero-order chi connectivity index (χ0) is 26.9. The number of rotatable bonds is 16. The summed E-state index contributed by atoms with van der Waals surface area (Å²) in [6.45, 7) is 0.761. The van der Waals surface area contributed by atoms with Gasteiger partial charge in [0.05, 0.1) is 17.8 Å². The Morgan fingerprint density at radius 1 is 1.03 bits per heavy atom. The van der Waals surface area contributed by atoms with Gasteiger partial charge in [0.1, 0.15) is 18.8 Å². The summed E-state index contributed by atoms with van der Waals surface area (Å²) in [6.07, 6.45) is 0.0331. The molecule has 1 atom stereocenters. The van der Waals surface area contributed by atoms with E-state index in [1.54, 1.807) is 24.3 Å². The predicted octanol–water partition coefficient (Wildman–Crippen LogP) is -7.86. The molecule has 0 unspecified atom stereocenters. The van der Waals surface area contributed by atoms with Gasteiger partial charge in [0.15, 0.2) is 0 Å². The van der Waals surface area contributed by atoms with E-state index >= 15 is 0 Å². The second kappa shape index (κ2) is 20.1. The van der Waals surface area contributed by atoms with Crippen LogP contribution in [-0.2, 0) is 25.1 Å². The van der Waals surface area contributed by atoms with Crippen LogP contribution < -0.4 is 104 Å². The van der Waals surface area contributed by atoms with E-state index in [4.69, 9.17) is 48.5 Å². The zero-order valence-electron chi connectivity index (χ0n) is 24.9. The van der Waals surface area contributed by atoms with Crippen molar-refractivity contribution in [2.24, 2.45) is 5.73 Å². The van der Waals surface area contributed by atoms with E-state index in [2.05, 4.69) is 5.32 Å². The number of amides is 2. The third kappa shape index (κ3) is 12.8. The van der Waals surface area contributed by atoms with Gasteiger partial charge in [-0.15, -0.1) is 23.2 Å². The van der Waals surface area contributed by atoms with Crippen LogP contribution >= 0.6 is 38.4 Å². The summed E-state index contributed by atoms with van der Waals surface area (Å²) in [7, 11) is -11.0. The number of nitrogens with zero attached hydrogens (tertiary/aromatic N) is 1. The molecule has 0 saturated carbocycles. The number of nitrogens with one attached hydrogen (secondary N) is 1. The summed E-state index contributed by atoms with van der Waals surface area (Å²) < 4.78 is 22.6. The molecule has 0 heterocycles. The Morgan fingerprint density at radius 2 is 1.50 bits per heavy atom. The second-order valence-electron chi connectivity index (χ2n) is 8.05. The Balaban J connectivity index is -0.000000510. The summed E-state index contributed by atoms with van der Waals surface area (Å²) in [4.78, 5) is 60.5. The van der Waals surface area contributed by atoms with E-state index in [1.807, 2.05) is 0 Å².